The van der Waals surface area contributed by atoms with Gasteiger partial charge in [-0.1, -0.05) is 54.7 Å². The van der Waals surface area contributed by atoms with Crippen molar-refractivity contribution < 1.29 is 27.5 Å². The Bertz CT molecular complexity index is 1200. The zero-order chi connectivity index (χ0) is 28.7. The van der Waals surface area contributed by atoms with E-state index in [0.29, 0.717) is 43.6 Å². The zero-order valence-electron chi connectivity index (χ0n) is 22.4. The molecule has 2 aromatic carbocycles. The van der Waals surface area contributed by atoms with E-state index in [2.05, 4.69) is 10.0 Å². The van der Waals surface area contributed by atoms with Crippen LogP contribution >= 0.6 is 0 Å². The van der Waals surface area contributed by atoms with Crippen LogP contribution in [0.15, 0.2) is 64.6 Å². The number of nitrogens with zero attached hydrogens (tertiary/aromatic N) is 4. The summed E-state index contributed by atoms with van der Waals surface area (Å²) in [6.07, 6.45) is 0.870. The van der Waals surface area contributed by atoms with Gasteiger partial charge in [0, 0.05) is 35.7 Å². The smallest absolute Gasteiger partial charge is 0.407 e. The van der Waals surface area contributed by atoms with Gasteiger partial charge in [-0.25, -0.2) is 13.2 Å². The van der Waals surface area contributed by atoms with Crippen molar-refractivity contribution in [3.05, 3.63) is 76.2 Å². The van der Waals surface area contributed by atoms with Crippen molar-refractivity contribution in [2.45, 2.75) is 62.4 Å². The van der Waals surface area contributed by atoms with Crippen molar-refractivity contribution in [1.82, 2.24) is 4.90 Å². The van der Waals surface area contributed by atoms with Crippen molar-refractivity contribution in [2.24, 2.45) is 10.8 Å². The highest BCUT2D eigenvalue weighted by atomic mass is 32.2. The van der Waals surface area contributed by atoms with Gasteiger partial charge in [0.05, 0.1) is 16.8 Å². The molecule has 2 rings (SSSR count). The highest BCUT2D eigenvalue weighted by Crippen LogP contribution is 2.26. The summed E-state index contributed by atoms with van der Waals surface area (Å²) in [4.78, 5) is 28.8. The molecular formula is C27H37N5O6S. The fraction of sp³-hybridized carbons (Fsp3) is 0.481. The fourth-order valence-corrected chi connectivity index (χ4v) is 5.71. The number of rotatable bonds is 17. The molecule has 0 aliphatic rings. The maximum atomic E-state index is 13.4. The van der Waals surface area contributed by atoms with Crippen molar-refractivity contribution in [1.29, 1.82) is 0 Å². The van der Waals surface area contributed by atoms with Gasteiger partial charge in [0.15, 0.2) is 9.84 Å². The van der Waals surface area contributed by atoms with Gasteiger partial charge in [-0.15, -0.1) is 0 Å². The highest BCUT2D eigenvalue weighted by molar-refractivity contribution is 7.92. The van der Waals surface area contributed by atoms with E-state index in [-0.39, 0.29) is 17.4 Å². The molecule has 0 aromatic heterocycles. The Hall–Kier alpha value is -3.60. The van der Waals surface area contributed by atoms with Crippen molar-refractivity contribution in [2.75, 3.05) is 26.2 Å². The number of hydrogen-bond acceptors (Lipinski definition) is 7. The molecule has 0 aliphatic carbocycles. The second-order valence-corrected chi connectivity index (χ2v) is 11.1. The molecule has 39 heavy (non-hydrogen) atoms. The fourth-order valence-electron chi connectivity index (χ4n) is 4.06. The zero-order valence-corrected chi connectivity index (χ0v) is 23.3. The predicted molar refractivity (Wildman–Crippen MR) is 148 cm³/mol. The number of carbonyl (C=O) groups is 2. The van der Waals surface area contributed by atoms with Crippen LogP contribution in [0.25, 0.3) is 10.4 Å². The van der Waals surface area contributed by atoms with Crippen molar-refractivity contribution >= 4 is 21.8 Å². The van der Waals surface area contributed by atoms with Crippen LogP contribution < -0.4 is 5.73 Å². The van der Waals surface area contributed by atoms with E-state index < -0.39 is 27.5 Å². The molecule has 2 amide bonds. The van der Waals surface area contributed by atoms with Gasteiger partial charge in [0.25, 0.3) is 5.91 Å². The lowest BCUT2D eigenvalue weighted by atomic mass is 10.1. The van der Waals surface area contributed by atoms with Crippen LogP contribution in [0.2, 0.25) is 0 Å². The molecule has 0 aliphatic heterocycles. The average molecular weight is 560 g/mol. The maximum Gasteiger partial charge on any atom is 0.407 e. The lowest BCUT2D eigenvalue weighted by Gasteiger charge is -2.23. The molecule has 0 saturated carbocycles. The quantitative estimate of drug-likeness (QED) is 0.0898. The molecule has 212 valence electrons. The molecule has 2 atom stereocenters. The molecule has 2 unspecified atom stereocenters. The first kappa shape index (κ1) is 31.6. The molecule has 0 saturated heterocycles. The van der Waals surface area contributed by atoms with Gasteiger partial charge in [-0.3, -0.25) is 4.79 Å². The summed E-state index contributed by atoms with van der Waals surface area (Å²) in [6, 6.07) is 14.5. The summed E-state index contributed by atoms with van der Waals surface area (Å²) in [6.45, 7) is 5.08. The first-order valence-corrected chi connectivity index (χ1v) is 14.6. The SMILES string of the molecule is CCN(CC)C(=O)c1ccc(C(OCC(CCCCCCN=[N+]=[N-])S(=O)(=O)c2ccccc2)OC(N)=O)cc1. The van der Waals surface area contributed by atoms with E-state index >= 15 is 0 Å². The Balaban J connectivity index is 2.19. The second kappa shape index (κ2) is 16.4. The molecule has 0 bridgehead atoms. The highest BCUT2D eigenvalue weighted by Gasteiger charge is 2.29. The predicted octanol–water partition coefficient (Wildman–Crippen LogP) is 5.38. The number of nitrogens with two attached hydrogens (primary N) is 1. The van der Waals surface area contributed by atoms with Crippen LogP contribution in [0, 0.1) is 0 Å². The summed E-state index contributed by atoms with van der Waals surface area (Å²) in [5, 5.41) is 2.61. The van der Waals surface area contributed by atoms with Gasteiger partial charge in [0.1, 0.15) is 0 Å². The summed E-state index contributed by atoms with van der Waals surface area (Å²) >= 11 is 0. The van der Waals surface area contributed by atoms with Gasteiger partial charge in [-0.05, 0) is 56.5 Å². The summed E-state index contributed by atoms with van der Waals surface area (Å²) in [5.41, 5.74) is 14.5. The normalized spacial score (nSPS) is 12.7. The Morgan fingerprint density at radius 2 is 1.64 bits per heavy atom. The van der Waals surface area contributed by atoms with Crippen LogP contribution in [0.5, 0.6) is 0 Å². The summed E-state index contributed by atoms with van der Waals surface area (Å²) in [5.74, 6) is -0.131. The molecule has 2 N–H and O–H groups in total. The van der Waals surface area contributed by atoms with E-state index in [1.165, 1.54) is 12.1 Å². The Labute approximate surface area is 229 Å². The van der Waals surface area contributed by atoms with Crippen molar-refractivity contribution in [3.63, 3.8) is 0 Å². The molecular weight excluding hydrogens is 522 g/mol. The molecule has 2 aromatic rings. The number of unbranched alkanes of at least 4 members (excludes halogenated alkanes) is 3. The topological polar surface area (TPSA) is 165 Å². The third-order valence-corrected chi connectivity index (χ3v) is 8.42. The van der Waals surface area contributed by atoms with Gasteiger partial charge < -0.3 is 20.1 Å². The number of benzene rings is 2. The van der Waals surface area contributed by atoms with E-state index in [9.17, 15) is 18.0 Å². The number of amides is 2. The standard InChI is InChI=1S/C27H37N5O6S/c1-3-32(4-2)25(33)21-15-17-22(18-16-21)26(38-27(28)34)37-20-24(14-8-5-6-11-19-30-31-29)39(35,36)23-12-9-7-10-13-23/h7,9-10,12-13,15-18,24,26H,3-6,8,11,14,19-20H2,1-2H3,(H2,28,34). The molecule has 0 fully saturated rings. The van der Waals surface area contributed by atoms with Crippen molar-refractivity contribution in [3.8, 4) is 0 Å². The molecule has 11 nitrogen and oxygen atoms in total. The number of carbonyl (C=O) groups excluding carboxylic acids is 2. The number of azide groups is 1. The van der Waals surface area contributed by atoms with E-state index in [1.807, 2.05) is 13.8 Å². The number of hydrogen-bond donors (Lipinski definition) is 1. The van der Waals surface area contributed by atoms with E-state index in [0.717, 1.165) is 19.3 Å². The van der Waals surface area contributed by atoms with E-state index in [4.69, 9.17) is 20.7 Å². The van der Waals surface area contributed by atoms with Gasteiger partial charge in [-0.2, -0.15) is 0 Å². The summed E-state index contributed by atoms with van der Waals surface area (Å²) < 4.78 is 37.9. The molecule has 0 spiro atoms. The third-order valence-electron chi connectivity index (χ3n) is 6.25. The van der Waals surface area contributed by atoms with Gasteiger partial charge in [0.2, 0.25) is 6.29 Å². The lowest BCUT2D eigenvalue weighted by molar-refractivity contribution is -0.105. The van der Waals surface area contributed by atoms with Crippen LogP contribution in [-0.4, -0.2) is 56.8 Å². The Morgan fingerprint density at radius 1 is 1.00 bits per heavy atom. The average Bonchev–Trinajstić information content (AvgIpc) is 2.94. The second-order valence-electron chi connectivity index (χ2n) is 8.84. The Morgan fingerprint density at radius 3 is 2.23 bits per heavy atom. The first-order valence-electron chi connectivity index (χ1n) is 13.0. The minimum absolute atomic E-state index is 0.131. The summed E-state index contributed by atoms with van der Waals surface area (Å²) in [7, 11) is -3.76. The number of sulfone groups is 1. The molecule has 0 radical (unpaired) electrons. The van der Waals surface area contributed by atoms with Crippen LogP contribution in [0.1, 0.15) is 68.2 Å². The lowest BCUT2D eigenvalue weighted by Crippen LogP contribution is -2.30. The monoisotopic (exact) mass is 559 g/mol. The maximum absolute atomic E-state index is 13.4. The van der Waals surface area contributed by atoms with Crippen LogP contribution in [0.4, 0.5) is 4.79 Å². The number of primary amides is 1. The first-order chi connectivity index (χ1) is 18.7. The van der Waals surface area contributed by atoms with Crippen LogP contribution in [-0.2, 0) is 19.3 Å². The largest absolute Gasteiger partial charge is 0.415 e. The van der Waals surface area contributed by atoms with E-state index in [1.54, 1.807) is 47.4 Å². The van der Waals surface area contributed by atoms with Gasteiger partial charge >= 0.3 is 6.09 Å². The Kier molecular flexibility index (Phi) is 13.3. The minimum Gasteiger partial charge on any atom is -0.415 e. The number of ether oxygens (including phenoxy) is 2. The van der Waals surface area contributed by atoms with Crippen LogP contribution in [0.3, 0.4) is 0 Å². The minimum atomic E-state index is -3.76. The molecule has 12 heteroatoms. The third kappa shape index (κ3) is 9.90. The molecule has 0 heterocycles.